The summed E-state index contributed by atoms with van der Waals surface area (Å²) in [5.74, 6) is -0.740. The highest BCUT2D eigenvalue weighted by Crippen LogP contribution is 2.27. The molecule has 1 aliphatic rings. The Hall–Kier alpha value is -3.53. The first-order valence-corrected chi connectivity index (χ1v) is 13.7. The number of anilines is 1. The van der Waals surface area contributed by atoms with Crippen molar-refractivity contribution in [3.63, 3.8) is 0 Å². The number of benzene rings is 1. The Balaban J connectivity index is 0.000000458. The lowest BCUT2D eigenvalue weighted by atomic mass is 10.2. The topological polar surface area (TPSA) is 245 Å². The van der Waals surface area contributed by atoms with Crippen molar-refractivity contribution < 1.29 is 57.2 Å². The van der Waals surface area contributed by atoms with Gasteiger partial charge in [-0.3, -0.25) is 14.7 Å². The van der Waals surface area contributed by atoms with Crippen LogP contribution in [0.4, 0.5) is 14.9 Å². The predicted octanol–water partition coefficient (Wildman–Crippen LogP) is 0.677. The second-order valence-electron chi connectivity index (χ2n) is 7.60. The maximum atomic E-state index is 14.8. The number of phosphoric acid groups is 2. The molecule has 1 atom stereocenters. The van der Waals surface area contributed by atoms with Crippen molar-refractivity contribution >= 4 is 33.3 Å². The molecule has 1 saturated heterocycles. The van der Waals surface area contributed by atoms with Gasteiger partial charge < -0.3 is 39.4 Å². The highest BCUT2D eigenvalue weighted by atomic mass is 31.2. The Bertz CT molecular complexity index is 1340. The third-order valence-corrected chi connectivity index (χ3v) is 4.49. The number of hydrogen-bond acceptors (Lipinski definition) is 7. The summed E-state index contributed by atoms with van der Waals surface area (Å²) in [4.78, 5) is 71.8. The molecule has 39 heavy (non-hydrogen) atoms. The average Bonchev–Trinajstić information content (AvgIpc) is 3.43. The number of hydrogen-bond donors (Lipinski definition) is 7. The third-order valence-electron chi connectivity index (χ3n) is 4.49. The smallest absolute Gasteiger partial charge is 0.442 e. The van der Waals surface area contributed by atoms with Gasteiger partial charge in [-0.25, -0.2) is 23.0 Å². The van der Waals surface area contributed by atoms with Gasteiger partial charge in [0.25, 0.3) is 0 Å². The molecule has 7 N–H and O–H groups in total. The van der Waals surface area contributed by atoms with Crippen LogP contribution in [0.1, 0.15) is 6.92 Å². The number of aromatic nitrogens is 3. The number of nitrogens with zero attached hydrogens (tertiary/aromatic N) is 4. The summed E-state index contributed by atoms with van der Waals surface area (Å²) in [5, 5.41) is 6.81. The molecule has 2 aromatic heterocycles. The fourth-order valence-corrected chi connectivity index (χ4v) is 3.07. The van der Waals surface area contributed by atoms with E-state index in [1.165, 1.54) is 22.6 Å². The van der Waals surface area contributed by atoms with E-state index in [-0.39, 0.29) is 24.7 Å². The van der Waals surface area contributed by atoms with Gasteiger partial charge in [0.05, 0.1) is 30.7 Å². The Morgan fingerprint density at radius 2 is 1.77 bits per heavy atom. The van der Waals surface area contributed by atoms with Crippen LogP contribution in [0.15, 0.2) is 55.0 Å². The number of rotatable bonds is 5. The minimum atomic E-state index is -4.64. The summed E-state index contributed by atoms with van der Waals surface area (Å²) < 4.78 is 39.2. The van der Waals surface area contributed by atoms with Crippen molar-refractivity contribution in [1.29, 1.82) is 0 Å². The number of cyclic esters (lactones) is 1. The number of nitrogens with one attached hydrogen (secondary N) is 1. The summed E-state index contributed by atoms with van der Waals surface area (Å²) in [6.45, 7) is 1.82. The van der Waals surface area contributed by atoms with Crippen LogP contribution in [-0.2, 0) is 18.7 Å². The number of ether oxygens (including phenoxy) is 1. The molecule has 1 unspecified atom stereocenters. The first kappa shape index (κ1) is 31.7. The molecular weight excluding hydrogens is 567 g/mol. The van der Waals surface area contributed by atoms with Gasteiger partial charge in [0, 0.05) is 24.9 Å². The molecule has 0 bridgehead atoms. The van der Waals surface area contributed by atoms with Crippen molar-refractivity contribution in [3.8, 4) is 16.9 Å². The normalized spacial score (nSPS) is 14.9. The molecule has 3 aromatic rings. The summed E-state index contributed by atoms with van der Waals surface area (Å²) in [6.07, 6.45) is 3.91. The fourth-order valence-electron chi connectivity index (χ4n) is 3.07. The summed E-state index contributed by atoms with van der Waals surface area (Å²) in [6, 6.07) is 9.97. The Morgan fingerprint density at radius 3 is 2.31 bits per heavy atom. The Labute approximate surface area is 219 Å². The quantitative estimate of drug-likeness (QED) is 0.202. The standard InChI is InChI=1S/C20H18FN5O3.2H3O4P/c1-13(27)23-10-16-12-25(20(28)29-16)15-5-6-19(17(21)8-15)26-11-14(9-24-26)18-4-2-3-7-22-18;2*1-5(2,3)4/h2-9,11,16H,10,12H2,1H3,(H,23,27);2*(H3,1,2,3,4). The van der Waals surface area contributed by atoms with Crippen molar-refractivity contribution in [2.24, 2.45) is 0 Å². The van der Waals surface area contributed by atoms with Gasteiger partial charge in [-0.1, -0.05) is 6.07 Å². The first-order valence-electron chi connectivity index (χ1n) is 10.6. The minimum absolute atomic E-state index is 0.209. The molecule has 16 nitrogen and oxygen atoms in total. The highest BCUT2D eigenvalue weighted by molar-refractivity contribution is 7.45. The molecule has 0 saturated carbocycles. The molecule has 212 valence electrons. The lowest BCUT2D eigenvalue weighted by Gasteiger charge is -2.14. The van der Waals surface area contributed by atoms with E-state index < -0.39 is 33.7 Å². The molecule has 0 aliphatic carbocycles. The molecule has 1 fully saturated rings. The molecule has 1 aliphatic heterocycles. The lowest BCUT2D eigenvalue weighted by molar-refractivity contribution is -0.119. The van der Waals surface area contributed by atoms with Crippen molar-refractivity contribution in [3.05, 3.63) is 60.8 Å². The molecule has 1 aromatic carbocycles. The number of amides is 2. The van der Waals surface area contributed by atoms with E-state index in [4.69, 9.17) is 43.2 Å². The van der Waals surface area contributed by atoms with Crippen LogP contribution >= 0.6 is 15.6 Å². The van der Waals surface area contributed by atoms with Gasteiger partial charge in [0.15, 0.2) is 5.82 Å². The molecule has 19 heteroatoms. The molecule has 0 radical (unpaired) electrons. The number of carbonyl (C=O) groups excluding carboxylic acids is 2. The Morgan fingerprint density at radius 1 is 1.13 bits per heavy atom. The SMILES string of the molecule is CC(=O)NCC1CN(c2ccc(-n3cc(-c4ccccn4)cn3)c(F)c2)C(=O)O1.O=P(O)(O)O.O=P(O)(O)O. The van der Waals surface area contributed by atoms with Gasteiger partial charge in [0.2, 0.25) is 5.91 Å². The van der Waals surface area contributed by atoms with Gasteiger partial charge >= 0.3 is 21.7 Å². The van der Waals surface area contributed by atoms with E-state index in [0.29, 0.717) is 5.69 Å². The predicted molar refractivity (Wildman–Crippen MR) is 132 cm³/mol. The third kappa shape index (κ3) is 11.8. The van der Waals surface area contributed by atoms with E-state index in [1.54, 1.807) is 30.7 Å². The van der Waals surface area contributed by atoms with Crippen LogP contribution in [0, 0.1) is 5.82 Å². The zero-order chi connectivity index (χ0) is 29.4. The Kier molecular flexibility index (Phi) is 11.0. The monoisotopic (exact) mass is 591 g/mol. The maximum absolute atomic E-state index is 14.8. The van der Waals surface area contributed by atoms with Crippen molar-refractivity contribution in [2.75, 3.05) is 18.0 Å². The minimum Gasteiger partial charge on any atom is -0.442 e. The van der Waals surface area contributed by atoms with E-state index in [0.717, 1.165) is 11.3 Å². The molecule has 4 rings (SSSR count). The van der Waals surface area contributed by atoms with Crippen LogP contribution in [0.25, 0.3) is 16.9 Å². The zero-order valence-electron chi connectivity index (χ0n) is 20.0. The second kappa shape index (κ2) is 13.5. The molecule has 0 spiro atoms. The van der Waals surface area contributed by atoms with Gasteiger partial charge in [-0.15, -0.1) is 0 Å². The maximum Gasteiger partial charge on any atom is 0.466 e. The summed E-state index contributed by atoms with van der Waals surface area (Å²) in [5.41, 5.74) is 2.12. The highest BCUT2D eigenvalue weighted by Gasteiger charge is 2.32. The van der Waals surface area contributed by atoms with Crippen LogP contribution in [0.2, 0.25) is 0 Å². The first-order chi connectivity index (χ1) is 18.0. The molecular formula is C20H24FN5O11P2. The zero-order valence-corrected chi connectivity index (χ0v) is 21.8. The number of halogens is 1. The van der Waals surface area contributed by atoms with Gasteiger partial charge in [-0.05, 0) is 30.3 Å². The fraction of sp³-hybridized carbons (Fsp3) is 0.200. The summed E-state index contributed by atoms with van der Waals surface area (Å²) >= 11 is 0. The molecule has 3 heterocycles. The van der Waals surface area contributed by atoms with Gasteiger partial charge in [0.1, 0.15) is 11.8 Å². The van der Waals surface area contributed by atoms with Crippen LogP contribution in [0.3, 0.4) is 0 Å². The van der Waals surface area contributed by atoms with Gasteiger partial charge in [-0.2, -0.15) is 5.10 Å². The van der Waals surface area contributed by atoms with E-state index in [1.807, 2.05) is 18.2 Å². The second-order valence-corrected chi connectivity index (χ2v) is 9.66. The van der Waals surface area contributed by atoms with E-state index >= 15 is 0 Å². The average molecular weight is 591 g/mol. The number of carbonyl (C=O) groups is 2. The summed E-state index contributed by atoms with van der Waals surface area (Å²) in [7, 11) is -9.28. The number of pyridine rings is 1. The largest absolute Gasteiger partial charge is 0.466 e. The van der Waals surface area contributed by atoms with E-state index in [9.17, 15) is 14.0 Å². The van der Waals surface area contributed by atoms with Crippen LogP contribution < -0.4 is 10.2 Å². The van der Waals surface area contributed by atoms with Crippen molar-refractivity contribution in [1.82, 2.24) is 20.1 Å². The van der Waals surface area contributed by atoms with Crippen molar-refractivity contribution in [2.45, 2.75) is 13.0 Å². The van der Waals surface area contributed by atoms with Crippen LogP contribution in [0.5, 0.6) is 0 Å². The lowest BCUT2D eigenvalue weighted by Crippen LogP contribution is -2.33. The molecule has 2 amide bonds. The van der Waals surface area contributed by atoms with E-state index in [2.05, 4.69) is 15.4 Å². The van der Waals surface area contributed by atoms with Crippen LogP contribution in [-0.4, -0.2) is 75.3 Å².